The second kappa shape index (κ2) is 11.3. The van der Waals surface area contributed by atoms with Crippen molar-refractivity contribution in [1.82, 2.24) is 10.2 Å². The average Bonchev–Trinajstić information content (AvgIpc) is 3.43. The number of hydrogen-bond donors (Lipinski definition) is 2. The van der Waals surface area contributed by atoms with Gasteiger partial charge >= 0.3 is 0 Å². The zero-order valence-electron chi connectivity index (χ0n) is 19.7. The number of carbonyl (C=O) groups is 2. The van der Waals surface area contributed by atoms with Crippen molar-refractivity contribution in [3.63, 3.8) is 0 Å². The first kappa shape index (κ1) is 25.3. The van der Waals surface area contributed by atoms with Gasteiger partial charge < -0.3 is 29.0 Å². The summed E-state index contributed by atoms with van der Waals surface area (Å²) in [6.45, 7) is 2.39. The fraction of sp³-hybridized carbons (Fsp3) is 0.240. The van der Waals surface area contributed by atoms with Crippen molar-refractivity contribution in [2.75, 3.05) is 50.6 Å². The van der Waals surface area contributed by atoms with Gasteiger partial charge in [-0.1, -0.05) is 11.6 Å². The van der Waals surface area contributed by atoms with Gasteiger partial charge in [-0.15, -0.1) is 0 Å². The standard InChI is InChI=1S/C25H25ClN4O5S/c1-33-18-12-16(13-19(15-18)34-2)23(31)28-25(36)27-17-5-6-21(20(26)14-17)29-7-9-30(10-8-29)24(32)22-4-3-11-35-22/h3-6,11-15H,7-10H2,1-2H3,(H2,27,28,31,36). The van der Waals surface area contributed by atoms with Gasteiger partial charge in [0.15, 0.2) is 10.9 Å². The second-order valence-corrected chi connectivity index (χ2v) is 8.75. The lowest BCUT2D eigenvalue weighted by atomic mass is 10.2. The summed E-state index contributed by atoms with van der Waals surface area (Å²) < 4.78 is 15.6. The second-order valence-electron chi connectivity index (χ2n) is 7.93. The van der Waals surface area contributed by atoms with E-state index in [9.17, 15) is 9.59 Å². The van der Waals surface area contributed by atoms with Crippen LogP contribution in [0.3, 0.4) is 0 Å². The summed E-state index contributed by atoms with van der Waals surface area (Å²) in [5.74, 6) is 0.798. The molecule has 11 heteroatoms. The molecule has 3 aromatic rings. The first-order valence-corrected chi connectivity index (χ1v) is 11.9. The maximum Gasteiger partial charge on any atom is 0.289 e. The molecule has 0 aliphatic carbocycles. The lowest BCUT2D eigenvalue weighted by Gasteiger charge is -2.36. The summed E-state index contributed by atoms with van der Waals surface area (Å²) in [5, 5.41) is 6.27. The highest BCUT2D eigenvalue weighted by atomic mass is 35.5. The highest BCUT2D eigenvalue weighted by Crippen LogP contribution is 2.30. The van der Waals surface area contributed by atoms with E-state index in [0.717, 1.165) is 5.69 Å². The quantitative estimate of drug-likeness (QED) is 0.463. The molecule has 0 bridgehead atoms. The molecule has 0 unspecified atom stereocenters. The van der Waals surface area contributed by atoms with Crippen LogP contribution in [0.25, 0.3) is 0 Å². The van der Waals surface area contributed by atoms with Gasteiger partial charge in [-0.2, -0.15) is 0 Å². The summed E-state index contributed by atoms with van der Waals surface area (Å²) in [6, 6.07) is 13.7. The number of furan rings is 1. The van der Waals surface area contributed by atoms with Gasteiger partial charge in [-0.05, 0) is 54.7 Å². The number of methoxy groups -OCH3 is 2. The van der Waals surface area contributed by atoms with E-state index in [0.29, 0.717) is 59.7 Å². The van der Waals surface area contributed by atoms with Crippen LogP contribution in [0, 0.1) is 0 Å². The summed E-state index contributed by atoms with van der Waals surface area (Å²) >= 11 is 11.9. The van der Waals surface area contributed by atoms with Gasteiger partial charge in [0.05, 0.1) is 31.2 Å². The third-order valence-electron chi connectivity index (χ3n) is 5.69. The third kappa shape index (κ3) is 5.89. The van der Waals surface area contributed by atoms with Gasteiger partial charge in [0.1, 0.15) is 11.5 Å². The number of carbonyl (C=O) groups excluding carboxylic acids is 2. The number of amides is 2. The van der Waals surface area contributed by atoms with Gasteiger partial charge in [0.25, 0.3) is 11.8 Å². The Morgan fingerprint density at radius 1 is 1.00 bits per heavy atom. The molecule has 1 saturated heterocycles. The van der Waals surface area contributed by atoms with Crippen LogP contribution in [0.4, 0.5) is 11.4 Å². The molecule has 2 heterocycles. The van der Waals surface area contributed by atoms with Crippen LogP contribution in [0.2, 0.25) is 5.02 Å². The molecule has 0 spiro atoms. The number of piperazine rings is 1. The maximum absolute atomic E-state index is 12.6. The average molecular weight is 529 g/mol. The molecule has 4 rings (SSSR count). The maximum atomic E-state index is 12.6. The number of benzene rings is 2. The van der Waals surface area contributed by atoms with E-state index in [2.05, 4.69) is 15.5 Å². The molecular weight excluding hydrogens is 504 g/mol. The summed E-state index contributed by atoms with van der Waals surface area (Å²) in [6.07, 6.45) is 1.49. The Hall–Kier alpha value is -3.76. The Kier molecular flexibility index (Phi) is 7.97. The molecule has 36 heavy (non-hydrogen) atoms. The topological polar surface area (TPSA) is 96.3 Å². The number of ether oxygens (including phenoxy) is 2. The largest absolute Gasteiger partial charge is 0.497 e. The smallest absolute Gasteiger partial charge is 0.289 e. The molecule has 0 atom stereocenters. The minimum absolute atomic E-state index is 0.117. The zero-order valence-corrected chi connectivity index (χ0v) is 21.3. The highest BCUT2D eigenvalue weighted by molar-refractivity contribution is 7.80. The van der Waals surface area contributed by atoms with Gasteiger partial charge in [0.2, 0.25) is 0 Å². The number of hydrogen-bond acceptors (Lipinski definition) is 7. The first-order chi connectivity index (χ1) is 17.4. The predicted octanol–water partition coefficient (Wildman–Crippen LogP) is 4.04. The minimum Gasteiger partial charge on any atom is -0.497 e. The van der Waals surface area contributed by atoms with Crippen molar-refractivity contribution in [2.45, 2.75) is 0 Å². The zero-order chi connectivity index (χ0) is 25.7. The van der Waals surface area contributed by atoms with Gasteiger partial charge in [0, 0.05) is 43.5 Å². The summed E-state index contributed by atoms with van der Waals surface area (Å²) in [5.41, 5.74) is 1.82. The lowest BCUT2D eigenvalue weighted by molar-refractivity contribution is 0.0714. The number of thiocarbonyl (C=S) groups is 1. The Balaban J connectivity index is 1.34. The van der Waals surface area contributed by atoms with E-state index in [4.69, 9.17) is 37.7 Å². The van der Waals surface area contributed by atoms with Crippen molar-refractivity contribution in [2.24, 2.45) is 0 Å². The lowest BCUT2D eigenvalue weighted by Crippen LogP contribution is -2.48. The molecule has 1 aromatic heterocycles. The van der Waals surface area contributed by atoms with Crippen LogP contribution in [0.15, 0.2) is 59.2 Å². The van der Waals surface area contributed by atoms with E-state index < -0.39 is 5.91 Å². The third-order valence-corrected chi connectivity index (χ3v) is 6.19. The van der Waals surface area contributed by atoms with Crippen molar-refractivity contribution in [3.05, 3.63) is 71.1 Å². The molecule has 1 aliphatic rings. The van der Waals surface area contributed by atoms with Crippen LogP contribution in [0.5, 0.6) is 11.5 Å². The fourth-order valence-corrected chi connectivity index (χ4v) is 4.33. The van der Waals surface area contributed by atoms with Crippen molar-refractivity contribution >= 4 is 52.1 Å². The highest BCUT2D eigenvalue weighted by Gasteiger charge is 2.24. The van der Waals surface area contributed by atoms with Crippen LogP contribution in [0.1, 0.15) is 20.9 Å². The van der Waals surface area contributed by atoms with Crippen LogP contribution in [-0.4, -0.2) is 62.2 Å². The number of nitrogens with one attached hydrogen (secondary N) is 2. The molecule has 2 amide bonds. The molecule has 188 valence electrons. The minimum atomic E-state index is -0.408. The van der Waals surface area contributed by atoms with Gasteiger partial charge in [-0.3, -0.25) is 14.9 Å². The molecule has 0 saturated carbocycles. The van der Waals surface area contributed by atoms with Gasteiger partial charge in [-0.25, -0.2) is 0 Å². The van der Waals surface area contributed by atoms with Crippen LogP contribution < -0.4 is 25.0 Å². The molecule has 2 N–H and O–H groups in total. The monoisotopic (exact) mass is 528 g/mol. The van der Waals surface area contributed by atoms with E-state index in [-0.39, 0.29) is 11.0 Å². The normalized spacial score (nSPS) is 13.2. The summed E-state index contributed by atoms with van der Waals surface area (Å²) in [4.78, 5) is 29.0. The van der Waals surface area contributed by atoms with E-state index in [1.165, 1.54) is 20.5 Å². The molecule has 9 nitrogen and oxygen atoms in total. The van der Waals surface area contributed by atoms with E-state index >= 15 is 0 Å². The Morgan fingerprint density at radius 2 is 1.69 bits per heavy atom. The van der Waals surface area contributed by atoms with E-state index in [1.54, 1.807) is 41.3 Å². The molecule has 1 fully saturated rings. The van der Waals surface area contributed by atoms with Crippen LogP contribution in [-0.2, 0) is 0 Å². The predicted molar refractivity (Wildman–Crippen MR) is 142 cm³/mol. The van der Waals surface area contributed by atoms with E-state index in [1.807, 2.05) is 12.1 Å². The Morgan fingerprint density at radius 3 is 2.28 bits per heavy atom. The van der Waals surface area contributed by atoms with Crippen molar-refractivity contribution in [1.29, 1.82) is 0 Å². The Bertz CT molecular complexity index is 1240. The molecule has 0 radical (unpaired) electrons. The fourth-order valence-electron chi connectivity index (χ4n) is 3.82. The number of anilines is 2. The Labute approximate surface area is 218 Å². The SMILES string of the molecule is COc1cc(OC)cc(C(=O)NC(=S)Nc2ccc(N3CCN(C(=O)c4ccco4)CC3)c(Cl)c2)c1. The molecule has 1 aliphatic heterocycles. The summed E-state index contributed by atoms with van der Waals surface area (Å²) in [7, 11) is 3.02. The molecule has 2 aromatic carbocycles. The number of halogens is 1. The van der Waals surface area contributed by atoms with Crippen LogP contribution >= 0.6 is 23.8 Å². The van der Waals surface area contributed by atoms with Crippen molar-refractivity contribution < 1.29 is 23.5 Å². The number of rotatable bonds is 6. The molecular formula is C25H25ClN4O5S. The van der Waals surface area contributed by atoms with Crippen molar-refractivity contribution in [3.8, 4) is 11.5 Å². The number of nitrogens with zero attached hydrogens (tertiary/aromatic N) is 2. The first-order valence-electron chi connectivity index (χ1n) is 11.1.